The lowest BCUT2D eigenvalue weighted by Gasteiger charge is -2.30. The van der Waals surface area contributed by atoms with Gasteiger partial charge >= 0.3 is 0 Å². The molecule has 2 aliphatic heterocycles. The van der Waals surface area contributed by atoms with Gasteiger partial charge in [-0.15, -0.1) is 0 Å². The minimum absolute atomic E-state index is 0.0815. The van der Waals surface area contributed by atoms with E-state index in [-0.39, 0.29) is 12.9 Å². The van der Waals surface area contributed by atoms with Gasteiger partial charge < -0.3 is 33.2 Å². The highest BCUT2D eigenvalue weighted by molar-refractivity contribution is 5.89. The molecule has 0 amide bonds. The molecule has 3 unspecified atom stereocenters. The molecule has 0 spiro atoms. The number of fused-ring (bicyclic) bond motifs is 7. The molecule has 2 bridgehead atoms. The molecule has 160 valence electrons. The van der Waals surface area contributed by atoms with Crippen LogP contribution < -0.4 is 28.4 Å². The van der Waals surface area contributed by atoms with Gasteiger partial charge in [0, 0.05) is 11.1 Å². The van der Waals surface area contributed by atoms with E-state index in [0.717, 1.165) is 28.7 Å². The van der Waals surface area contributed by atoms with Crippen molar-refractivity contribution < 1.29 is 33.2 Å². The molecule has 0 N–H and O–H groups in total. The number of ether oxygens (including phenoxy) is 7. The lowest BCUT2D eigenvalue weighted by Crippen LogP contribution is -2.18. The van der Waals surface area contributed by atoms with Crippen molar-refractivity contribution in [3.63, 3.8) is 0 Å². The van der Waals surface area contributed by atoms with E-state index < -0.39 is 0 Å². The molecule has 7 heteroatoms. The van der Waals surface area contributed by atoms with Gasteiger partial charge in [0.05, 0.1) is 41.2 Å². The normalized spacial score (nSPS) is 23.2. The van der Waals surface area contributed by atoms with Crippen LogP contribution in [0.5, 0.6) is 34.5 Å². The molecule has 2 heterocycles. The lowest BCUT2D eigenvalue weighted by molar-refractivity contribution is 0.0935. The first-order valence-electron chi connectivity index (χ1n) is 10.1. The average molecular weight is 414 g/mol. The zero-order valence-corrected chi connectivity index (χ0v) is 17.9. The standard InChI is InChI=1S/C23H26O7/c1-11-13-6-12-7-16-21(30-10-29-16)22(26-4)17(12)18-14(19(11)28-9-13)8-15(24-2)20(25-3)23(18)27-5/h7-8,11,13,19H,6,9-10H2,1-5H3. The fourth-order valence-electron chi connectivity index (χ4n) is 5.03. The number of methoxy groups -OCH3 is 4. The highest BCUT2D eigenvalue weighted by Crippen LogP contribution is 2.59. The van der Waals surface area contributed by atoms with Crippen molar-refractivity contribution in [2.24, 2.45) is 11.8 Å². The van der Waals surface area contributed by atoms with Crippen molar-refractivity contribution in [3.8, 4) is 45.6 Å². The second-order valence-electron chi connectivity index (χ2n) is 7.86. The van der Waals surface area contributed by atoms with Gasteiger partial charge in [0.2, 0.25) is 18.3 Å². The molecule has 7 nitrogen and oxygen atoms in total. The first kappa shape index (κ1) is 19.2. The van der Waals surface area contributed by atoms with Crippen LogP contribution in [0.25, 0.3) is 11.1 Å². The molecule has 3 aliphatic rings. The van der Waals surface area contributed by atoms with E-state index in [1.807, 2.05) is 6.07 Å². The van der Waals surface area contributed by atoms with Crippen molar-refractivity contribution in [1.29, 1.82) is 0 Å². The van der Waals surface area contributed by atoms with Gasteiger partial charge in [-0.25, -0.2) is 0 Å². The molecule has 5 rings (SSSR count). The summed E-state index contributed by atoms with van der Waals surface area (Å²) in [7, 11) is 6.52. The summed E-state index contributed by atoms with van der Waals surface area (Å²) >= 11 is 0. The zero-order valence-electron chi connectivity index (χ0n) is 17.9. The smallest absolute Gasteiger partial charge is 0.231 e. The molecule has 3 atom stereocenters. The van der Waals surface area contributed by atoms with Crippen LogP contribution in [0.15, 0.2) is 12.1 Å². The third-order valence-corrected chi connectivity index (χ3v) is 6.52. The summed E-state index contributed by atoms with van der Waals surface area (Å²) < 4.78 is 40.9. The quantitative estimate of drug-likeness (QED) is 0.749. The Morgan fingerprint density at radius 1 is 0.867 bits per heavy atom. The van der Waals surface area contributed by atoms with Crippen molar-refractivity contribution in [2.75, 3.05) is 41.8 Å². The summed E-state index contributed by atoms with van der Waals surface area (Å²) in [6.45, 7) is 3.11. The van der Waals surface area contributed by atoms with Gasteiger partial charge in [-0.2, -0.15) is 0 Å². The average Bonchev–Trinajstić information content (AvgIpc) is 3.38. The SMILES string of the molecule is COc1cc2c(c(OC)c1OC)-c1c(cc3c(c1OC)OCO3)CC1COC2C1C. The van der Waals surface area contributed by atoms with Crippen LogP contribution in [0.2, 0.25) is 0 Å². The van der Waals surface area contributed by atoms with Crippen LogP contribution in [0.4, 0.5) is 0 Å². The molecule has 0 radical (unpaired) electrons. The molecular weight excluding hydrogens is 388 g/mol. The van der Waals surface area contributed by atoms with E-state index in [4.69, 9.17) is 33.2 Å². The molecule has 2 aromatic rings. The van der Waals surface area contributed by atoms with Gasteiger partial charge in [-0.3, -0.25) is 0 Å². The van der Waals surface area contributed by atoms with E-state index in [0.29, 0.717) is 52.9 Å². The van der Waals surface area contributed by atoms with Crippen molar-refractivity contribution in [2.45, 2.75) is 19.4 Å². The maximum atomic E-state index is 6.30. The highest BCUT2D eigenvalue weighted by Gasteiger charge is 2.43. The molecule has 2 aromatic carbocycles. The minimum atomic E-state index is -0.0815. The van der Waals surface area contributed by atoms with Crippen LogP contribution in [-0.2, 0) is 11.2 Å². The van der Waals surface area contributed by atoms with Crippen molar-refractivity contribution in [3.05, 3.63) is 23.3 Å². The van der Waals surface area contributed by atoms with E-state index >= 15 is 0 Å². The fourth-order valence-corrected chi connectivity index (χ4v) is 5.03. The fraction of sp³-hybridized carbons (Fsp3) is 0.478. The molecule has 30 heavy (non-hydrogen) atoms. The van der Waals surface area contributed by atoms with Crippen LogP contribution >= 0.6 is 0 Å². The van der Waals surface area contributed by atoms with Gasteiger partial charge in [0.15, 0.2) is 23.0 Å². The third kappa shape index (κ3) is 2.54. The predicted molar refractivity (Wildman–Crippen MR) is 109 cm³/mol. The summed E-state index contributed by atoms with van der Waals surface area (Å²) in [6, 6.07) is 4.06. The van der Waals surface area contributed by atoms with Gasteiger partial charge in [-0.05, 0) is 41.5 Å². The first-order chi connectivity index (χ1) is 14.6. The molecule has 0 aromatic heterocycles. The summed E-state index contributed by atoms with van der Waals surface area (Å²) in [6.07, 6.45) is 0.763. The topological polar surface area (TPSA) is 64.6 Å². The number of rotatable bonds is 4. The Labute approximate surface area is 175 Å². The second kappa shape index (κ2) is 7.16. The molecule has 1 saturated heterocycles. The predicted octanol–water partition coefficient (Wildman–Crippen LogP) is 4.00. The van der Waals surface area contributed by atoms with Gasteiger partial charge in [-0.1, -0.05) is 6.92 Å². The number of hydrogen-bond acceptors (Lipinski definition) is 7. The van der Waals surface area contributed by atoms with Crippen molar-refractivity contribution in [1.82, 2.24) is 0 Å². The Morgan fingerprint density at radius 3 is 2.33 bits per heavy atom. The van der Waals surface area contributed by atoms with Crippen LogP contribution in [0.3, 0.4) is 0 Å². The molecular formula is C23H26O7. The monoisotopic (exact) mass is 414 g/mol. The number of hydrogen-bond donors (Lipinski definition) is 0. The zero-order chi connectivity index (χ0) is 21.0. The van der Waals surface area contributed by atoms with Gasteiger partial charge in [0.25, 0.3) is 0 Å². The van der Waals surface area contributed by atoms with E-state index in [2.05, 4.69) is 13.0 Å². The van der Waals surface area contributed by atoms with Crippen LogP contribution in [0.1, 0.15) is 24.2 Å². The Balaban J connectivity index is 1.92. The lowest BCUT2D eigenvalue weighted by atomic mass is 9.77. The van der Waals surface area contributed by atoms with E-state index in [9.17, 15) is 0 Å². The summed E-state index contributed by atoms with van der Waals surface area (Å²) in [5.74, 6) is 4.40. The van der Waals surface area contributed by atoms with E-state index in [1.165, 1.54) is 0 Å². The molecule has 0 saturated carbocycles. The second-order valence-corrected chi connectivity index (χ2v) is 7.86. The largest absolute Gasteiger partial charge is 0.493 e. The summed E-state index contributed by atoms with van der Waals surface area (Å²) in [5, 5.41) is 0. The molecule has 1 aliphatic carbocycles. The number of benzene rings is 2. The maximum absolute atomic E-state index is 6.30. The summed E-state index contributed by atoms with van der Waals surface area (Å²) in [4.78, 5) is 0. The highest BCUT2D eigenvalue weighted by atomic mass is 16.7. The Bertz CT molecular complexity index is 1000. The van der Waals surface area contributed by atoms with Gasteiger partial charge in [0.1, 0.15) is 0 Å². The minimum Gasteiger partial charge on any atom is -0.493 e. The summed E-state index contributed by atoms with van der Waals surface area (Å²) in [5.41, 5.74) is 3.93. The third-order valence-electron chi connectivity index (χ3n) is 6.52. The maximum Gasteiger partial charge on any atom is 0.231 e. The van der Waals surface area contributed by atoms with E-state index in [1.54, 1.807) is 28.4 Å². The molecule has 1 fully saturated rings. The van der Waals surface area contributed by atoms with Crippen LogP contribution in [0, 0.1) is 11.8 Å². The van der Waals surface area contributed by atoms with Crippen molar-refractivity contribution >= 4 is 0 Å². The Kier molecular flexibility index (Phi) is 4.58. The first-order valence-corrected chi connectivity index (χ1v) is 10.1. The Hall–Kier alpha value is -2.80. The Morgan fingerprint density at radius 2 is 1.63 bits per heavy atom. The van der Waals surface area contributed by atoms with Crippen LogP contribution in [-0.4, -0.2) is 41.8 Å².